The number of hydrogen-bond acceptors (Lipinski definition) is 3. The summed E-state index contributed by atoms with van der Waals surface area (Å²) in [5, 5.41) is 3.55. The molecule has 0 radical (unpaired) electrons. The molecule has 0 atom stereocenters. The Hall–Kier alpha value is -2.84. The Morgan fingerprint density at radius 3 is 2.30 bits per heavy atom. The minimum Gasteiger partial charge on any atom is -0.366 e. The van der Waals surface area contributed by atoms with Gasteiger partial charge in [-0.2, -0.15) is 0 Å². The molecule has 1 N–H and O–H groups in total. The fourth-order valence-electron chi connectivity index (χ4n) is 3.68. The molecular weight excluding hydrogens is 549 g/mol. The van der Waals surface area contributed by atoms with Crippen molar-refractivity contribution < 1.29 is 9.59 Å². The number of carbonyl (C=O) groups is 2. The topological polar surface area (TPSA) is 52.7 Å². The maximum atomic E-state index is 12.8. The first kappa shape index (κ1) is 23.3. The summed E-state index contributed by atoms with van der Waals surface area (Å²) in [6.07, 6.45) is 3.46. The summed E-state index contributed by atoms with van der Waals surface area (Å²) in [5.74, 6) is -0.184. The Morgan fingerprint density at radius 1 is 0.909 bits per heavy atom. The molecule has 3 aromatic carbocycles. The Morgan fingerprint density at radius 2 is 1.61 bits per heavy atom. The van der Waals surface area contributed by atoms with Gasteiger partial charge in [-0.3, -0.25) is 9.59 Å². The summed E-state index contributed by atoms with van der Waals surface area (Å²) in [6.45, 7) is 2.54. The van der Waals surface area contributed by atoms with Crippen LogP contribution in [0, 0.1) is 3.57 Å². The van der Waals surface area contributed by atoms with Gasteiger partial charge in [-0.1, -0.05) is 41.9 Å². The van der Waals surface area contributed by atoms with E-state index in [4.69, 9.17) is 11.6 Å². The second kappa shape index (κ2) is 10.9. The van der Waals surface area contributed by atoms with Crippen LogP contribution in [0.15, 0.2) is 78.9 Å². The number of carbonyl (C=O) groups excluding carboxylic acids is 2. The number of hydrogen-bond donors (Lipinski definition) is 1. The second-order valence-corrected chi connectivity index (χ2v) is 9.36. The van der Waals surface area contributed by atoms with Crippen molar-refractivity contribution in [1.29, 1.82) is 0 Å². The Balaban J connectivity index is 1.42. The average molecular weight is 572 g/mol. The number of nitrogens with zero attached hydrogens (tertiary/aromatic N) is 2. The van der Waals surface area contributed by atoms with Crippen molar-refractivity contribution in [3.05, 3.63) is 98.6 Å². The van der Waals surface area contributed by atoms with Gasteiger partial charge in [0.25, 0.3) is 5.91 Å². The van der Waals surface area contributed by atoms with Gasteiger partial charge in [0, 0.05) is 46.4 Å². The van der Waals surface area contributed by atoms with E-state index >= 15 is 0 Å². The van der Waals surface area contributed by atoms with Crippen LogP contribution in [-0.2, 0) is 4.79 Å². The molecule has 5 nitrogen and oxygen atoms in total. The summed E-state index contributed by atoms with van der Waals surface area (Å²) in [6, 6.07) is 22.7. The molecule has 0 aromatic heterocycles. The maximum absolute atomic E-state index is 12.8. The van der Waals surface area contributed by atoms with E-state index in [0.29, 0.717) is 42.5 Å². The van der Waals surface area contributed by atoms with Gasteiger partial charge in [-0.15, -0.1) is 0 Å². The van der Waals surface area contributed by atoms with Crippen LogP contribution in [-0.4, -0.2) is 42.9 Å². The van der Waals surface area contributed by atoms with Crippen LogP contribution in [0.1, 0.15) is 15.9 Å². The predicted molar refractivity (Wildman–Crippen MR) is 143 cm³/mol. The van der Waals surface area contributed by atoms with Gasteiger partial charge in [-0.25, -0.2) is 0 Å². The highest BCUT2D eigenvalue weighted by molar-refractivity contribution is 14.1. The zero-order chi connectivity index (χ0) is 23.2. The zero-order valence-corrected chi connectivity index (χ0v) is 20.8. The lowest BCUT2D eigenvalue weighted by atomic mass is 10.1. The van der Waals surface area contributed by atoms with Crippen molar-refractivity contribution >= 4 is 63.5 Å². The van der Waals surface area contributed by atoms with Gasteiger partial charge < -0.3 is 15.1 Å². The van der Waals surface area contributed by atoms with E-state index in [1.165, 1.54) is 0 Å². The molecular formula is C26H23ClIN3O2. The molecule has 4 rings (SSSR count). The molecule has 1 fully saturated rings. The van der Waals surface area contributed by atoms with Gasteiger partial charge in [0.15, 0.2) is 0 Å². The highest BCUT2D eigenvalue weighted by atomic mass is 127. The van der Waals surface area contributed by atoms with E-state index in [9.17, 15) is 9.59 Å². The number of piperazine rings is 1. The van der Waals surface area contributed by atoms with Gasteiger partial charge in [0.05, 0.1) is 11.4 Å². The zero-order valence-electron chi connectivity index (χ0n) is 17.9. The van der Waals surface area contributed by atoms with E-state index in [0.717, 1.165) is 14.8 Å². The second-order valence-electron chi connectivity index (χ2n) is 7.68. The molecule has 33 heavy (non-hydrogen) atoms. The first-order valence-electron chi connectivity index (χ1n) is 10.6. The van der Waals surface area contributed by atoms with E-state index < -0.39 is 0 Å². The summed E-state index contributed by atoms with van der Waals surface area (Å²) in [7, 11) is 0. The van der Waals surface area contributed by atoms with Crippen molar-refractivity contribution in [3.8, 4) is 0 Å². The van der Waals surface area contributed by atoms with Crippen molar-refractivity contribution in [3.63, 3.8) is 0 Å². The fraction of sp³-hybridized carbons (Fsp3) is 0.154. The van der Waals surface area contributed by atoms with Crippen LogP contribution >= 0.6 is 34.2 Å². The number of rotatable bonds is 5. The lowest BCUT2D eigenvalue weighted by Crippen LogP contribution is -2.48. The molecule has 1 aliphatic rings. The smallest absolute Gasteiger partial charge is 0.255 e. The van der Waals surface area contributed by atoms with Crippen molar-refractivity contribution in [1.82, 2.24) is 4.90 Å². The number of benzene rings is 3. The normalized spacial score (nSPS) is 13.9. The predicted octanol–water partition coefficient (Wildman–Crippen LogP) is 5.56. The molecule has 0 unspecified atom stereocenters. The molecule has 168 valence electrons. The Labute approximate surface area is 212 Å². The van der Waals surface area contributed by atoms with Crippen molar-refractivity contribution in [2.24, 2.45) is 0 Å². The van der Waals surface area contributed by atoms with Crippen molar-refractivity contribution in [2.75, 3.05) is 36.4 Å². The molecule has 0 aliphatic carbocycles. The SMILES string of the molecule is O=C(Nc1cc(Cl)ccc1N1CCN(C(=O)/C=C/c2ccccc2)CC1)c1ccc(I)cc1. The number of nitrogens with one attached hydrogen (secondary N) is 1. The first-order valence-corrected chi connectivity index (χ1v) is 12.1. The molecule has 2 amide bonds. The summed E-state index contributed by atoms with van der Waals surface area (Å²) in [5.41, 5.74) is 3.14. The Kier molecular flexibility index (Phi) is 7.67. The summed E-state index contributed by atoms with van der Waals surface area (Å²) in [4.78, 5) is 29.4. The monoisotopic (exact) mass is 571 g/mol. The van der Waals surface area contributed by atoms with E-state index in [1.54, 1.807) is 24.3 Å². The Bertz CT molecular complexity index is 1160. The van der Waals surface area contributed by atoms with Gasteiger partial charge >= 0.3 is 0 Å². The van der Waals surface area contributed by atoms with Crippen LogP contribution in [0.5, 0.6) is 0 Å². The fourth-order valence-corrected chi connectivity index (χ4v) is 4.22. The van der Waals surface area contributed by atoms with Crippen LogP contribution in [0.3, 0.4) is 0 Å². The van der Waals surface area contributed by atoms with E-state index in [2.05, 4.69) is 32.8 Å². The largest absolute Gasteiger partial charge is 0.366 e. The standard InChI is InChI=1S/C26H23ClIN3O2/c27-21-9-12-24(23(18-21)29-26(33)20-7-10-22(28)11-8-20)30-14-16-31(17-15-30)25(32)13-6-19-4-2-1-3-5-19/h1-13,18H,14-17H2,(H,29,33)/b13-6+. The number of anilines is 2. The van der Waals surface area contributed by atoms with Crippen LogP contribution < -0.4 is 10.2 Å². The summed E-state index contributed by atoms with van der Waals surface area (Å²) < 4.78 is 1.07. The van der Waals surface area contributed by atoms with Crippen LogP contribution in [0.25, 0.3) is 6.08 Å². The van der Waals surface area contributed by atoms with Crippen molar-refractivity contribution in [2.45, 2.75) is 0 Å². The number of amides is 2. The molecule has 1 aliphatic heterocycles. The lowest BCUT2D eigenvalue weighted by molar-refractivity contribution is -0.126. The molecule has 0 spiro atoms. The minimum absolute atomic E-state index is 0.00171. The average Bonchev–Trinajstić information content (AvgIpc) is 2.84. The molecule has 3 aromatic rings. The molecule has 1 heterocycles. The third kappa shape index (κ3) is 6.15. The van der Waals surface area contributed by atoms with Gasteiger partial charge in [0.2, 0.25) is 5.91 Å². The molecule has 7 heteroatoms. The highest BCUT2D eigenvalue weighted by Gasteiger charge is 2.22. The lowest BCUT2D eigenvalue weighted by Gasteiger charge is -2.36. The highest BCUT2D eigenvalue weighted by Crippen LogP contribution is 2.30. The molecule has 0 bridgehead atoms. The van der Waals surface area contributed by atoms with E-state index in [-0.39, 0.29) is 11.8 Å². The minimum atomic E-state index is -0.185. The first-order chi connectivity index (χ1) is 16.0. The molecule has 0 saturated carbocycles. The third-order valence-corrected chi connectivity index (χ3v) is 6.42. The van der Waals surface area contributed by atoms with Crippen LogP contribution in [0.4, 0.5) is 11.4 Å². The van der Waals surface area contributed by atoms with Gasteiger partial charge in [0.1, 0.15) is 0 Å². The molecule has 1 saturated heterocycles. The number of halogens is 2. The van der Waals surface area contributed by atoms with E-state index in [1.807, 2.05) is 65.6 Å². The van der Waals surface area contributed by atoms with Gasteiger partial charge in [-0.05, 0) is 76.7 Å². The third-order valence-electron chi connectivity index (χ3n) is 5.46. The quantitative estimate of drug-likeness (QED) is 0.322. The van der Waals surface area contributed by atoms with Crippen LogP contribution in [0.2, 0.25) is 5.02 Å². The summed E-state index contributed by atoms with van der Waals surface area (Å²) >= 11 is 8.43. The maximum Gasteiger partial charge on any atom is 0.255 e.